The van der Waals surface area contributed by atoms with Crippen molar-refractivity contribution in [3.05, 3.63) is 28.8 Å². The molecule has 0 aliphatic carbocycles. The molecule has 1 aliphatic heterocycles. The Balaban J connectivity index is 2.62. The van der Waals surface area contributed by atoms with Crippen LogP contribution in [-0.2, 0) is 0 Å². The van der Waals surface area contributed by atoms with Crippen LogP contribution in [-0.4, -0.2) is 12.3 Å². The number of nitrogens with one attached hydrogen (secondary N) is 1. The van der Waals surface area contributed by atoms with Gasteiger partial charge in [0, 0.05) is 23.7 Å². The summed E-state index contributed by atoms with van der Waals surface area (Å²) >= 11 is 0. The van der Waals surface area contributed by atoms with Crippen LogP contribution in [0.5, 0.6) is 0 Å². The number of benzene rings is 1. The van der Waals surface area contributed by atoms with Crippen LogP contribution in [0.3, 0.4) is 0 Å². The molecule has 0 aromatic heterocycles. The Hall–Kier alpha value is -1.31. The summed E-state index contributed by atoms with van der Waals surface area (Å²) in [6.45, 7) is 6.79. The van der Waals surface area contributed by atoms with Crippen LogP contribution >= 0.6 is 0 Å². The third-order valence-corrected chi connectivity index (χ3v) is 3.03. The molecule has 1 aromatic rings. The Morgan fingerprint density at radius 1 is 1.36 bits per heavy atom. The van der Waals surface area contributed by atoms with Crippen LogP contribution in [0.15, 0.2) is 12.1 Å². The number of ketones is 1. The van der Waals surface area contributed by atoms with Gasteiger partial charge in [-0.2, -0.15) is 0 Å². The molecule has 0 saturated heterocycles. The van der Waals surface area contributed by atoms with Gasteiger partial charge in [-0.1, -0.05) is 13.0 Å². The maximum absolute atomic E-state index is 11.9. The van der Waals surface area contributed by atoms with Crippen molar-refractivity contribution < 1.29 is 4.79 Å². The molecule has 0 amide bonds. The van der Waals surface area contributed by atoms with Gasteiger partial charge in [-0.15, -0.1) is 0 Å². The van der Waals surface area contributed by atoms with Crippen molar-refractivity contribution in [3.63, 3.8) is 0 Å². The lowest BCUT2D eigenvalue weighted by Gasteiger charge is -2.24. The predicted octanol–water partition coefficient (Wildman–Crippen LogP) is 2.55. The second-order valence-electron chi connectivity index (χ2n) is 4.08. The molecule has 1 aromatic carbocycles. The first-order valence-electron chi connectivity index (χ1n) is 4.99. The summed E-state index contributed by atoms with van der Waals surface area (Å²) in [6, 6.07) is 4.06. The zero-order valence-corrected chi connectivity index (χ0v) is 8.85. The number of fused-ring (bicyclic) bond motifs is 1. The van der Waals surface area contributed by atoms with E-state index in [1.54, 1.807) is 0 Å². The van der Waals surface area contributed by atoms with Crippen LogP contribution in [0.1, 0.15) is 28.4 Å². The van der Waals surface area contributed by atoms with E-state index in [1.165, 1.54) is 5.56 Å². The standard InChI is InChI=1S/C12H15NO/c1-7-4-5-10-11(9(7)3)12(14)8(2)6-13-10/h4-5,8,13H,6H2,1-3H3. The normalized spacial score (nSPS) is 20.2. The fourth-order valence-corrected chi connectivity index (χ4v) is 1.88. The number of aryl methyl sites for hydroxylation is 1. The van der Waals surface area contributed by atoms with Gasteiger partial charge in [0.15, 0.2) is 5.78 Å². The lowest BCUT2D eigenvalue weighted by atomic mass is 9.89. The molecule has 2 heteroatoms. The quantitative estimate of drug-likeness (QED) is 0.679. The fourth-order valence-electron chi connectivity index (χ4n) is 1.88. The highest BCUT2D eigenvalue weighted by molar-refractivity contribution is 6.05. The molecule has 1 atom stereocenters. The summed E-state index contributed by atoms with van der Waals surface area (Å²) < 4.78 is 0. The second kappa shape index (κ2) is 3.12. The lowest BCUT2D eigenvalue weighted by Crippen LogP contribution is -2.28. The van der Waals surface area contributed by atoms with Crippen molar-refractivity contribution in [2.24, 2.45) is 5.92 Å². The maximum Gasteiger partial charge on any atom is 0.169 e. The minimum Gasteiger partial charge on any atom is -0.384 e. The largest absolute Gasteiger partial charge is 0.384 e. The summed E-state index contributed by atoms with van der Waals surface area (Å²) in [5.41, 5.74) is 4.19. The van der Waals surface area contributed by atoms with Crippen molar-refractivity contribution in [2.75, 3.05) is 11.9 Å². The third kappa shape index (κ3) is 1.22. The smallest absolute Gasteiger partial charge is 0.169 e. The van der Waals surface area contributed by atoms with Crippen LogP contribution in [0.4, 0.5) is 5.69 Å². The lowest BCUT2D eigenvalue weighted by molar-refractivity contribution is 0.0931. The topological polar surface area (TPSA) is 29.1 Å². The molecule has 1 heterocycles. The van der Waals surface area contributed by atoms with Crippen molar-refractivity contribution >= 4 is 11.5 Å². The molecule has 0 radical (unpaired) electrons. The molecule has 0 spiro atoms. The van der Waals surface area contributed by atoms with Crippen LogP contribution in [0, 0.1) is 19.8 Å². The molecule has 14 heavy (non-hydrogen) atoms. The van der Waals surface area contributed by atoms with E-state index in [4.69, 9.17) is 0 Å². The first kappa shape index (κ1) is 9.25. The van der Waals surface area contributed by atoms with Crippen molar-refractivity contribution in [1.82, 2.24) is 0 Å². The SMILES string of the molecule is Cc1ccc2c(c1C)C(=O)C(C)CN2. The summed E-state index contributed by atoms with van der Waals surface area (Å²) in [5.74, 6) is 0.378. The molecule has 0 saturated carbocycles. The maximum atomic E-state index is 11.9. The predicted molar refractivity (Wildman–Crippen MR) is 57.9 cm³/mol. The summed E-state index contributed by atoms with van der Waals surface area (Å²) in [7, 11) is 0. The Morgan fingerprint density at radius 2 is 2.07 bits per heavy atom. The molecule has 74 valence electrons. The van der Waals surface area contributed by atoms with E-state index in [0.717, 1.165) is 23.4 Å². The number of hydrogen-bond donors (Lipinski definition) is 1. The van der Waals surface area contributed by atoms with Gasteiger partial charge in [0.1, 0.15) is 0 Å². The highest BCUT2D eigenvalue weighted by Crippen LogP contribution is 2.29. The summed E-state index contributed by atoms with van der Waals surface area (Å²) in [6.07, 6.45) is 0. The average Bonchev–Trinajstić information content (AvgIpc) is 2.17. The Kier molecular flexibility index (Phi) is 2.06. The molecule has 0 fully saturated rings. The van der Waals surface area contributed by atoms with E-state index in [9.17, 15) is 4.79 Å². The van der Waals surface area contributed by atoms with Crippen LogP contribution in [0.25, 0.3) is 0 Å². The van der Waals surface area contributed by atoms with Crippen molar-refractivity contribution in [2.45, 2.75) is 20.8 Å². The van der Waals surface area contributed by atoms with Gasteiger partial charge in [0.05, 0.1) is 0 Å². The van der Waals surface area contributed by atoms with Gasteiger partial charge in [0.25, 0.3) is 0 Å². The Bertz CT molecular complexity index is 396. The number of rotatable bonds is 0. The minimum absolute atomic E-state index is 0.1000. The van der Waals surface area contributed by atoms with Gasteiger partial charge in [0.2, 0.25) is 0 Å². The fraction of sp³-hybridized carbons (Fsp3) is 0.417. The molecule has 1 aliphatic rings. The number of hydrogen-bond acceptors (Lipinski definition) is 2. The third-order valence-electron chi connectivity index (χ3n) is 3.03. The highest BCUT2D eigenvalue weighted by atomic mass is 16.1. The van der Waals surface area contributed by atoms with Gasteiger partial charge >= 0.3 is 0 Å². The number of carbonyl (C=O) groups is 1. The Morgan fingerprint density at radius 3 is 2.79 bits per heavy atom. The monoisotopic (exact) mass is 189 g/mol. The van der Waals surface area contributed by atoms with E-state index < -0.39 is 0 Å². The zero-order chi connectivity index (χ0) is 10.3. The van der Waals surface area contributed by atoms with Gasteiger partial charge in [-0.05, 0) is 31.0 Å². The first-order valence-corrected chi connectivity index (χ1v) is 4.99. The summed E-state index contributed by atoms with van der Waals surface area (Å²) in [4.78, 5) is 11.9. The molecule has 1 unspecified atom stereocenters. The average molecular weight is 189 g/mol. The van der Waals surface area contributed by atoms with Gasteiger partial charge in [-0.3, -0.25) is 4.79 Å². The van der Waals surface area contributed by atoms with Crippen LogP contribution in [0.2, 0.25) is 0 Å². The molecule has 2 rings (SSSR count). The van der Waals surface area contributed by atoms with Crippen LogP contribution < -0.4 is 5.32 Å². The molecule has 0 bridgehead atoms. The van der Waals surface area contributed by atoms with E-state index in [-0.39, 0.29) is 11.7 Å². The van der Waals surface area contributed by atoms with Crippen molar-refractivity contribution in [1.29, 1.82) is 0 Å². The van der Waals surface area contributed by atoms with Gasteiger partial charge < -0.3 is 5.32 Å². The second-order valence-corrected chi connectivity index (χ2v) is 4.08. The zero-order valence-electron chi connectivity index (χ0n) is 8.85. The molecule has 1 N–H and O–H groups in total. The first-order chi connectivity index (χ1) is 6.61. The highest BCUT2D eigenvalue weighted by Gasteiger charge is 2.25. The van der Waals surface area contributed by atoms with Gasteiger partial charge in [-0.25, -0.2) is 0 Å². The van der Waals surface area contributed by atoms with E-state index in [2.05, 4.69) is 11.4 Å². The van der Waals surface area contributed by atoms with E-state index in [1.807, 2.05) is 26.8 Å². The summed E-state index contributed by atoms with van der Waals surface area (Å²) in [5, 5.41) is 3.29. The number of anilines is 1. The molecular formula is C12H15NO. The number of Topliss-reactive ketones (excluding diaryl/α,β-unsaturated/α-hetero) is 1. The molecular weight excluding hydrogens is 174 g/mol. The van der Waals surface area contributed by atoms with E-state index in [0.29, 0.717) is 0 Å². The Labute approximate surface area is 84.3 Å². The van der Waals surface area contributed by atoms with E-state index >= 15 is 0 Å². The van der Waals surface area contributed by atoms with Crippen molar-refractivity contribution in [3.8, 4) is 0 Å². The minimum atomic E-state index is 0.1000. The number of carbonyl (C=O) groups excluding carboxylic acids is 1. The molecule has 2 nitrogen and oxygen atoms in total.